The van der Waals surface area contributed by atoms with Gasteiger partial charge in [-0.3, -0.25) is 0 Å². The Labute approximate surface area is 65.8 Å². The van der Waals surface area contributed by atoms with Crippen LogP contribution in [0.15, 0.2) is 6.20 Å². The van der Waals surface area contributed by atoms with E-state index in [4.69, 9.17) is 4.74 Å². The zero-order valence-corrected chi connectivity index (χ0v) is 6.83. The maximum atomic E-state index is 4.98. The molecule has 0 aromatic carbocycles. The molecule has 0 atom stereocenters. The summed E-state index contributed by atoms with van der Waals surface area (Å²) in [6.07, 6.45) is 4.11. The molecule has 59 valence electrons. The largest absolute Gasteiger partial charge is 0.479 e. The molecule has 1 aromatic heterocycles. The summed E-state index contributed by atoms with van der Waals surface area (Å²) in [5.41, 5.74) is 0.853. The lowest BCUT2D eigenvalue weighted by molar-refractivity contribution is 0.397. The second kappa shape index (κ2) is 3.18. The number of aromatic nitrogens is 2. The molecular formula is C7H10N3O. The maximum absolute atomic E-state index is 4.98. The fraction of sp³-hybridized carbons (Fsp3) is 0.429. The molecule has 0 aliphatic heterocycles. The Hall–Kier alpha value is -1.32. The third-order valence-electron chi connectivity index (χ3n) is 1.29. The number of ether oxygens (including phenoxy) is 1. The molecule has 4 heteroatoms. The van der Waals surface area contributed by atoms with E-state index < -0.39 is 0 Å². The van der Waals surface area contributed by atoms with Gasteiger partial charge in [-0.2, -0.15) is 4.98 Å². The van der Waals surface area contributed by atoms with Crippen molar-refractivity contribution in [3.05, 3.63) is 12.5 Å². The molecule has 0 spiro atoms. The lowest BCUT2D eigenvalue weighted by Crippen LogP contribution is -2.11. The highest BCUT2D eigenvalue weighted by atomic mass is 16.5. The molecule has 1 rings (SSSR count). The van der Waals surface area contributed by atoms with Crippen LogP contribution >= 0.6 is 0 Å². The minimum atomic E-state index is 0.546. The zero-order valence-electron chi connectivity index (χ0n) is 6.83. The molecule has 1 radical (unpaired) electrons. The first kappa shape index (κ1) is 7.78. The van der Waals surface area contributed by atoms with Crippen molar-refractivity contribution in [2.24, 2.45) is 0 Å². The molecule has 4 nitrogen and oxygen atoms in total. The predicted molar refractivity (Wildman–Crippen MR) is 41.7 cm³/mol. The van der Waals surface area contributed by atoms with E-state index >= 15 is 0 Å². The molecule has 0 fully saturated rings. The standard InChI is InChI=1S/C7H10N3O/c1-10(2)6-4-8-5-9-7(6)11-3/h4H,1-3H3. The molecule has 1 aromatic rings. The van der Waals surface area contributed by atoms with Gasteiger partial charge in [0.1, 0.15) is 5.69 Å². The Balaban J connectivity index is 3.02. The third-order valence-corrected chi connectivity index (χ3v) is 1.29. The van der Waals surface area contributed by atoms with Crippen molar-refractivity contribution in [1.82, 2.24) is 9.97 Å². The van der Waals surface area contributed by atoms with Crippen molar-refractivity contribution in [1.29, 1.82) is 0 Å². The van der Waals surface area contributed by atoms with E-state index in [2.05, 4.69) is 16.3 Å². The molecule has 0 aliphatic carbocycles. The van der Waals surface area contributed by atoms with Crippen LogP contribution in [0.1, 0.15) is 0 Å². The minimum Gasteiger partial charge on any atom is -0.479 e. The van der Waals surface area contributed by atoms with Gasteiger partial charge >= 0.3 is 0 Å². The lowest BCUT2D eigenvalue weighted by Gasteiger charge is -2.13. The summed E-state index contributed by atoms with van der Waals surface area (Å²) in [4.78, 5) is 9.46. The number of hydrogen-bond acceptors (Lipinski definition) is 4. The number of rotatable bonds is 2. The fourth-order valence-electron chi connectivity index (χ4n) is 0.734. The summed E-state index contributed by atoms with van der Waals surface area (Å²) in [5, 5.41) is 0. The van der Waals surface area contributed by atoms with E-state index in [0.29, 0.717) is 5.88 Å². The van der Waals surface area contributed by atoms with Gasteiger partial charge < -0.3 is 9.64 Å². The van der Waals surface area contributed by atoms with Crippen LogP contribution in [-0.2, 0) is 0 Å². The third kappa shape index (κ3) is 1.58. The highest BCUT2D eigenvalue weighted by molar-refractivity contribution is 5.51. The zero-order chi connectivity index (χ0) is 8.27. The SMILES string of the molecule is COc1n[c]ncc1N(C)C. The minimum absolute atomic E-state index is 0.546. The molecule has 11 heavy (non-hydrogen) atoms. The normalized spacial score (nSPS) is 9.36. The average Bonchev–Trinajstić information content (AvgIpc) is 2.04. The first-order valence-corrected chi connectivity index (χ1v) is 3.20. The Bertz CT molecular complexity index is 237. The number of hydrogen-bond donors (Lipinski definition) is 0. The molecule has 0 saturated carbocycles. The van der Waals surface area contributed by atoms with Gasteiger partial charge in [0.25, 0.3) is 0 Å². The molecule has 0 aliphatic rings. The van der Waals surface area contributed by atoms with Crippen LogP contribution in [0.4, 0.5) is 5.69 Å². The van der Waals surface area contributed by atoms with Crippen molar-refractivity contribution < 1.29 is 4.74 Å². The second-order valence-electron chi connectivity index (χ2n) is 2.26. The van der Waals surface area contributed by atoms with Crippen molar-refractivity contribution in [2.45, 2.75) is 0 Å². The lowest BCUT2D eigenvalue weighted by atomic mass is 10.5. The number of nitrogens with zero attached hydrogens (tertiary/aromatic N) is 3. The quantitative estimate of drug-likeness (QED) is 0.613. The summed E-state index contributed by atoms with van der Waals surface area (Å²) < 4.78 is 4.98. The van der Waals surface area contributed by atoms with Gasteiger partial charge in [0.05, 0.1) is 13.3 Å². The van der Waals surface area contributed by atoms with Gasteiger partial charge in [-0.05, 0) is 0 Å². The second-order valence-corrected chi connectivity index (χ2v) is 2.26. The van der Waals surface area contributed by atoms with Gasteiger partial charge in [0.15, 0.2) is 0 Å². The Morgan fingerprint density at radius 3 is 2.73 bits per heavy atom. The molecule has 0 bridgehead atoms. The van der Waals surface area contributed by atoms with E-state index in [0.717, 1.165) is 5.69 Å². The Morgan fingerprint density at radius 1 is 1.55 bits per heavy atom. The molecular weight excluding hydrogens is 142 g/mol. The molecule has 0 saturated heterocycles. The summed E-state index contributed by atoms with van der Waals surface area (Å²) in [6, 6.07) is 0. The van der Waals surface area contributed by atoms with Crippen LogP contribution in [0.25, 0.3) is 0 Å². The van der Waals surface area contributed by atoms with Gasteiger partial charge in [0, 0.05) is 14.1 Å². The van der Waals surface area contributed by atoms with Gasteiger partial charge in [0.2, 0.25) is 12.2 Å². The van der Waals surface area contributed by atoms with E-state index in [1.165, 1.54) is 0 Å². The van der Waals surface area contributed by atoms with Crippen LogP contribution in [0, 0.1) is 6.33 Å². The number of anilines is 1. The smallest absolute Gasteiger partial charge is 0.241 e. The van der Waals surface area contributed by atoms with Crippen molar-refractivity contribution >= 4 is 5.69 Å². The summed E-state index contributed by atoms with van der Waals surface area (Å²) in [7, 11) is 5.38. The molecule has 0 amide bonds. The van der Waals surface area contributed by atoms with Crippen molar-refractivity contribution in [2.75, 3.05) is 26.1 Å². The van der Waals surface area contributed by atoms with Crippen LogP contribution in [-0.4, -0.2) is 31.2 Å². The van der Waals surface area contributed by atoms with E-state index in [1.54, 1.807) is 13.3 Å². The van der Waals surface area contributed by atoms with Crippen molar-refractivity contribution in [3.63, 3.8) is 0 Å². The highest BCUT2D eigenvalue weighted by Crippen LogP contribution is 2.20. The molecule has 1 heterocycles. The van der Waals surface area contributed by atoms with E-state index in [9.17, 15) is 0 Å². The van der Waals surface area contributed by atoms with Crippen molar-refractivity contribution in [3.8, 4) is 5.88 Å². The summed E-state index contributed by atoms with van der Waals surface area (Å²) in [6.45, 7) is 0. The number of methoxy groups -OCH3 is 1. The Kier molecular flexibility index (Phi) is 2.25. The highest BCUT2D eigenvalue weighted by Gasteiger charge is 2.04. The summed E-state index contributed by atoms with van der Waals surface area (Å²) >= 11 is 0. The van der Waals surface area contributed by atoms with Crippen LogP contribution in [0.5, 0.6) is 5.88 Å². The Morgan fingerprint density at radius 2 is 2.27 bits per heavy atom. The van der Waals surface area contributed by atoms with E-state index in [1.807, 2.05) is 19.0 Å². The van der Waals surface area contributed by atoms with Crippen LogP contribution in [0.3, 0.4) is 0 Å². The van der Waals surface area contributed by atoms with Crippen LogP contribution in [0.2, 0.25) is 0 Å². The van der Waals surface area contributed by atoms with E-state index in [-0.39, 0.29) is 0 Å². The first-order chi connectivity index (χ1) is 5.25. The van der Waals surface area contributed by atoms with Gasteiger partial charge in [-0.1, -0.05) is 0 Å². The first-order valence-electron chi connectivity index (χ1n) is 3.20. The van der Waals surface area contributed by atoms with Gasteiger partial charge in [-0.15, -0.1) is 0 Å². The fourth-order valence-corrected chi connectivity index (χ4v) is 0.734. The van der Waals surface area contributed by atoms with Gasteiger partial charge in [-0.25, -0.2) is 4.98 Å². The predicted octanol–water partition coefficient (Wildman–Crippen LogP) is 0.351. The summed E-state index contributed by atoms with van der Waals surface area (Å²) in [5.74, 6) is 0.546. The molecule has 0 N–H and O–H groups in total. The monoisotopic (exact) mass is 152 g/mol. The maximum Gasteiger partial charge on any atom is 0.241 e. The molecule has 0 unspecified atom stereocenters. The average molecular weight is 152 g/mol. The topological polar surface area (TPSA) is 38.3 Å². The van der Waals surface area contributed by atoms with Crippen LogP contribution < -0.4 is 9.64 Å².